The molecular weight excluding hydrogens is 220 g/mol. The molecule has 0 aromatic heterocycles. The Bertz CT molecular complexity index is 435. The molecule has 0 unspecified atom stereocenters. The molecule has 1 aliphatic rings. The van der Waals surface area contributed by atoms with Crippen molar-refractivity contribution in [3.8, 4) is 11.5 Å². The number of esters is 1. The molecule has 0 aliphatic heterocycles. The molecule has 1 N–H and O–H groups in total. The average molecular weight is 236 g/mol. The van der Waals surface area contributed by atoms with Gasteiger partial charge < -0.3 is 14.6 Å². The van der Waals surface area contributed by atoms with E-state index in [0.717, 1.165) is 12.8 Å². The first-order valence-corrected chi connectivity index (χ1v) is 5.70. The second kappa shape index (κ2) is 4.65. The van der Waals surface area contributed by atoms with E-state index in [0.29, 0.717) is 16.9 Å². The van der Waals surface area contributed by atoms with E-state index in [9.17, 15) is 9.90 Å². The molecular formula is C13H16O4. The molecule has 92 valence electrons. The van der Waals surface area contributed by atoms with Crippen LogP contribution in [0, 0.1) is 6.92 Å². The summed E-state index contributed by atoms with van der Waals surface area (Å²) in [5.41, 5.74) is 0.861. The molecule has 1 aromatic carbocycles. The van der Waals surface area contributed by atoms with Gasteiger partial charge in [-0.1, -0.05) is 0 Å². The highest BCUT2D eigenvalue weighted by Gasteiger charge is 2.21. The smallest absolute Gasteiger partial charge is 0.338 e. The molecule has 0 saturated heterocycles. The Morgan fingerprint density at radius 1 is 1.41 bits per heavy atom. The van der Waals surface area contributed by atoms with Gasteiger partial charge in [0.25, 0.3) is 0 Å². The van der Waals surface area contributed by atoms with Crippen molar-refractivity contribution in [2.45, 2.75) is 32.3 Å². The van der Waals surface area contributed by atoms with E-state index in [1.807, 2.05) is 0 Å². The third kappa shape index (κ3) is 2.35. The zero-order chi connectivity index (χ0) is 12.4. The SMILES string of the molecule is COC(=O)c1cc(OC2CCC2)cc(O)c1C. The summed E-state index contributed by atoms with van der Waals surface area (Å²) in [7, 11) is 1.32. The fourth-order valence-electron chi connectivity index (χ4n) is 1.74. The molecule has 0 spiro atoms. The van der Waals surface area contributed by atoms with Crippen molar-refractivity contribution in [1.29, 1.82) is 0 Å². The lowest BCUT2D eigenvalue weighted by Gasteiger charge is -2.26. The van der Waals surface area contributed by atoms with E-state index >= 15 is 0 Å². The van der Waals surface area contributed by atoms with Crippen molar-refractivity contribution in [2.24, 2.45) is 0 Å². The fourth-order valence-corrected chi connectivity index (χ4v) is 1.74. The van der Waals surface area contributed by atoms with Crippen LogP contribution in [0.3, 0.4) is 0 Å². The molecule has 17 heavy (non-hydrogen) atoms. The first-order valence-electron chi connectivity index (χ1n) is 5.70. The van der Waals surface area contributed by atoms with E-state index in [4.69, 9.17) is 4.74 Å². The number of hydrogen-bond donors (Lipinski definition) is 1. The molecule has 1 aliphatic carbocycles. The van der Waals surface area contributed by atoms with Gasteiger partial charge in [0.2, 0.25) is 0 Å². The quantitative estimate of drug-likeness (QED) is 0.819. The van der Waals surface area contributed by atoms with Crippen LogP contribution >= 0.6 is 0 Å². The number of phenols is 1. The monoisotopic (exact) mass is 236 g/mol. The summed E-state index contributed by atoms with van der Waals surface area (Å²) < 4.78 is 10.3. The number of rotatable bonds is 3. The van der Waals surface area contributed by atoms with Gasteiger partial charge in [-0.15, -0.1) is 0 Å². The fraction of sp³-hybridized carbons (Fsp3) is 0.462. The lowest BCUT2D eigenvalue weighted by Crippen LogP contribution is -2.24. The Labute approximate surface area is 100 Å². The van der Waals surface area contributed by atoms with Crippen LogP contribution in [-0.2, 0) is 4.74 Å². The molecule has 0 heterocycles. The van der Waals surface area contributed by atoms with Gasteiger partial charge in [-0.2, -0.15) is 0 Å². The van der Waals surface area contributed by atoms with Gasteiger partial charge in [0, 0.05) is 11.6 Å². The standard InChI is InChI=1S/C13H16O4/c1-8-11(13(15)16-2)6-10(7-12(8)14)17-9-4-3-5-9/h6-7,9,14H,3-5H2,1-2H3. The molecule has 4 nitrogen and oxygen atoms in total. The van der Waals surface area contributed by atoms with Crippen molar-refractivity contribution in [3.05, 3.63) is 23.3 Å². The average Bonchev–Trinajstić information content (AvgIpc) is 2.27. The van der Waals surface area contributed by atoms with Crippen molar-refractivity contribution in [3.63, 3.8) is 0 Å². The number of carbonyl (C=O) groups is 1. The normalized spacial score (nSPS) is 15.2. The molecule has 1 aromatic rings. The summed E-state index contributed by atoms with van der Waals surface area (Å²) in [5, 5.41) is 9.74. The van der Waals surface area contributed by atoms with E-state index < -0.39 is 5.97 Å². The minimum atomic E-state index is -0.461. The summed E-state index contributed by atoms with van der Waals surface area (Å²) >= 11 is 0. The zero-order valence-electron chi connectivity index (χ0n) is 10.0. The molecule has 4 heteroatoms. The third-order valence-corrected chi connectivity index (χ3v) is 3.11. The topological polar surface area (TPSA) is 55.8 Å². The number of carbonyl (C=O) groups excluding carboxylic acids is 1. The highest BCUT2D eigenvalue weighted by molar-refractivity contribution is 5.92. The molecule has 0 amide bonds. The van der Waals surface area contributed by atoms with Gasteiger partial charge >= 0.3 is 5.97 Å². The Balaban J connectivity index is 2.27. The molecule has 2 rings (SSSR count). The lowest BCUT2D eigenvalue weighted by atomic mass is 9.96. The van der Waals surface area contributed by atoms with E-state index in [1.54, 1.807) is 19.1 Å². The largest absolute Gasteiger partial charge is 0.508 e. The molecule has 0 bridgehead atoms. The third-order valence-electron chi connectivity index (χ3n) is 3.11. The van der Waals surface area contributed by atoms with Crippen molar-refractivity contribution in [1.82, 2.24) is 0 Å². The summed E-state index contributed by atoms with van der Waals surface area (Å²) in [5.74, 6) is 0.122. The van der Waals surface area contributed by atoms with Crippen molar-refractivity contribution < 1.29 is 19.4 Å². The highest BCUT2D eigenvalue weighted by atomic mass is 16.5. The van der Waals surface area contributed by atoms with Crippen LogP contribution in [0.25, 0.3) is 0 Å². The minimum Gasteiger partial charge on any atom is -0.508 e. The van der Waals surface area contributed by atoms with Gasteiger partial charge in [-0.25, -0.2) is 4.79 Å². The van der Waals surface area contributed by atoms with Crippen LogP contribution in [0.1, 0.15) is 35.2 Å². The molecule has 1 fully saturated rings. The maximum absolute atomic E-state index is 11.5. The number of hydrogen-bond acceptors (Lipinski definition) is 4. The van der Waals surface area contributed by atoms with Crippen LogP contribution in [0.5, 0.6) is 11.5 Å². The summed E-state index contributed by atoms with van der Waals surface area (Å²) in [6, 6.07) is 3.17. The van der Waals surface area contributed by atoms with Crippen LogP contribution in [0.15, 0.2) is 12.1 Å². The first kappa shape index (κ1) is 11.8. The number of benzene rings is 1. The van der Waals surface area contributed by atoms with Gasteiger partial charge in [0.1, 0.15) is 11.5 Å². The predicted octanol–water partition coefficient (Wildman–Crippen LogP) is 2.42. The summed E-state index contributed by atoms with van der Waals surface area (Å²) in [4.78, 5) is 11.5. The Morgan fingerprint density at radius 2 is 2.12 bits per heavy atom. The van der Waals surface area contributed by atoms with E-state index in [-0.39, 0.29) is 11.9 Å². The Hall–Kier alpha value is -1.71. The van der Waals surface area contributed by atoms with Gasteiger partial charge in [0.15, 0.2) is 0 Å². The van der Waals surface area contributed by atoms with Crippen LogP contribution in [0.4, 0.5) is 0 Å². The minimum absolute atomic E-state index is 0.0576. The lowest BCUT2D eigenvalue weighted by molar-refractivity contribution is 0.0597. The number of aromatic hydroxyl groups is 1. The van der Waals surface area contributed by atoms with Crippen LogP contribution in [0.2, 0.25) is 0 Å². The maximum Gasteiger partial charge on any atom is 0.338 e. The molecule has 1 saturated carbocycles. The summed E-state index contributed by atoms with van der Waals surface area (Å²) in [6.45, 7) is 1.68. The van der Waals surface area contributed by atoms with Crippen molar-refractivity contribution >= 4 is 5.97 Å². The van der Waals surface area contributed by atoms with Crippen LogP contribution < -0.4 is 4.74 Å². The Morgan fingerprint density at radius 3 is 2.65 bits per heavy atom. The molecule has 0 atom stereocenters. The van der Waals surface area contributed by atoms with Gasteiger partial charge in [-0.05, 0) is 32.3 Å². The first-order chi connectivity index (χ1) is 8.11. The van der Waals surface area contributed by atoms with Gasteiger partial charge in [0.05, 0.1) is 18.8 Å². The Kier molecular flexibility index (Phi) is 3.22. The van der Waals surface area contributed by atoms with E-state index in [2.05, 4.69) is 4.74 Å². The second-order valence-electron chi connectivity index (χ2n) is 4.28. The van der Waals surface area contributed by atoms with E-state index in [1.165, 1.54) is 13.5 Å². The number of ether oxygens (including phenoxy) is 2. The predicted molar refractivity (Wildman–Crippen MR) is 62.5 cm³/mol. The van der Waals surface area contributed by atoms with Gasteiger partial charge in [-0.3, -0.25) is 0 Å². The number of methoxy groups -OCH3 is 1. The maximum atomic E-state index is 11.5. The number of phenolic OH excluding ortho intramolecular Hbond substituents is 1. The van der Waals surface area contributed by atoms with Crippen LogP contribution in [-0.4, -0.2) is 24.3 Å². The molecule has 0 radical (unpaired) electrons. The highest BCUT2D eigenvalue weighted by Crippen LogP contribution is 2.31. The second-order valence-corrected chi connectivity index (χ2v) is 4.28. The zero-order valence-corrected chi connectivity index (χ0v) is 10.0. The summed E-state index contributed by atoms with van der Waals surface area (Å²) in [6.07, 6.45) is 3.44. The van der Waals surface area contributed by atoms with Crippen molar-refractivity contribution in [2.75, 3.05) is 7.11 Å².